The molecule has 0 saturated carbocycles. The maximum absolute atomic E-state index is 12.7. The van der Waals surface area contributed by atoms with E-state index < -0.39 is 11.7 Å². The van der Waals surface area contributed by atoms with Crippen molar-refractivity contribution in [2.24, 2.45) is 5.41 Å². The van der Waals surface area contributed by atoms with Crippen molar-refractivity contribution in [3.63, 3.8) is 0 Å². The number of hydrogen-bond donors (Lipinski definition) is 1. The number of likely N-dealkylation sites (N-methyl/N-ethyl adjacent to an activating group) is 1. The van der Waals surface area contributed by atoms with E-state index in [1.165, 1.54) is 0 Å². The Labute approximate surface area is 225 Å². The van der Waals surface area contributed by atoms with Gasteiger partial charge in [0.15, 0.2) is 17.9 Å². The fourth-order valence-electron chi connectivity index (χ4n) is 4.91. The normalized spacial score (nSPS) is 19.8. The predicted molar refractivity (Wildman–Crippen MR) is 145 cm³/mol. The van der Waals surface area contributed by atoms with E-state index in [0.717, 1.165) is 31.4 Å². The van der Waals surface area contributed by atoms with Crippen molar-refractivity contribution >= 4 is 11.6 Å². The molecule has 0 radical (unpaired) electrons. The average molecular weight is 527 g/mol. The molecule has 0 amide bonds. The zero-order valence-corrected chi connectivity index (χ0v) is 23.6. The quantitative estimate of drug-likeness (QED) is 0.473. The smallest absolute Gasteiger partial charge is 0.180 e. The molecule has 9 heteroatoms. The van der Waals surface area contributed by atoms with Crippen molar-refractivity contribution in [3.05, 3.63) is 29.6 Å². The summed E-state index contributed by atoms with van der Waals surface area (Å²) in [7, 11) is 1.86. The van der Waals surface area contributed by atoms with Gasteiger partial charge in [0.2, 0.25) is 0 Å². The molecular formula is C29H42N4O5. The number of carbonyl (C=O) groups is 1. The van der Waals surface area contributed by atoms with Gasteiger partial charge in [-0.1, -0.05) is 20.8 Å². The SMILES string of the molecule is CN(CC(=O)CC(C)(C)C)c1nc(-c2cc(OCC(C)(C)OC3CCCCO3)ccn2)nc2c1CCC2O. The Morgan fingerprint density at radius 1 is 1.18 bits per heavy atom. The molecule has 1 aliphatic carbocycles. The van der Waals surface area contributed by atoms with Crippen LogP contribution in [0.1, 0.15) is 84.1 Å². The van der Waals surface area contributed by atoms with Gasteiger partial charge in [0.1, 0.15) is 23.9 Å². The van der Waals surface area contributed by atoms with Gasteiger partial charge in [-0.3, -0.25) is 9.78 Å². The number of aromatic nitrogens is 3. The van der Waals surface area contributed by atoms with Gasteiger partial charge in [0.25, 0.3) is 0 Å². The van der Waals surface area contributed by atoms with Crippen LogP contribution in [0.2, 0.25) is 0 Å². The monoisotopic (exact) mass is 526 g/mol. The molecule has 2 aromatic heterocycles. The number of Topliss-reactive ketones (excluding diaryl/α,β-unsaturated/α-hetero) is 1. The third-order valence-electron chi connectivity index (χ3n) is 6.64. The minimum absolute atomic E-state index is 0.0830. The lowest BCUT2D eigenvalue weighted by Crippen LogP contribution is -2.38. The number of ketones is 1. The molecule has 2 unspecified atom stereocenters. The molecule has 1 saturated heterocycles. The number of ether oxygens (including phenoxy) is 3. The molecule has 1 aliphatic heterocycles. The van der Waals surface area contributed by atoms with Crippen LogP contribution in [0.25, 0.3) is 11.5 Å². The Morgan fingerprint density at radius 3 is 2.68 bits per heavy atom. The van der Waals surface area contributed by atoms with Gasteiger partial charge < -0.3 is 24.2 Å². The molecule has 4 rings (SSSR count). The summed E-state index contributed by atoms with van der Waals surface area (Å²) in [5, 5.41) is 10.6. The number of hydrogen-bond acceptors (Lipinski definition) is 9. The van der Waals surface area contributed by atoms with Crippen molar-refractivity contribution in [3.8, 4) is 17.3 Å². The highest BCUT2D eigenvalue weighted by Gasteiger charge is 2.30. The summed E-state index contributed by atoms with van der Waals surface area (Å²) in [4.78, 5) is 28.6. The molecule has 0 aromatic carbocycles. The molecule has 1 fully saturated rings. The van der Waals surface area contributed by atoms with Crippen molar-refractivity contribution in [2.75, 3.05) is 31.7 Å². The van der Waals surface area contributed by atoms with E-state index in [0.29, 0.717) is 54.6 Å². The number of anilines is 1. The fraction of sp³-hybridized carbons (Fsp3) is 0.655. The zero-order valence-electron chi connectivity index (χ0n) is 23.6. The third kappa shape index (κ3) is 7.48. The summed E-state index contributed by atoms with van der Waals surface area (Å²) in [6, 6.07) is 3.59. The maximum Gasteiger partial charge on any atom is 0.180 e. The van der Waals surface area contributed by atoms with Crippen LogP contribution in [0.3, 0.4) is 0 Å². The highest BCUT2D eigenvalue weighted by molar-refractivity contribution is 5.84. The van der Waals surface area contributed by atoms with E-state index in [-0.39, 0.29) is 24.0 Å². The zero-order chi connectivity index (χ0) is 27.5. The number of rotatable bonds is 10. The first-order valence-electron chi connectivity index (χ1n) is 13.6. The van der Waals surface area contributed by atoms with E-state index in [9.17, 15) is 9.90 Å². The first kappa shape index (κ1) is 28.4. The lowest BCUT2D eigenvalue weighted by molar-refractivity contribution is -0.221. The second-order valence-electron chi connectivity index (χ2n) is 12.3. The average Bonchev–Trinajstić information content (AvgIpc) is 3.22. The van der Waals surface area contributed by atoms with Crippen LogP contribution in [-0.4, -0.2) is 64.5 Å². The van der Waals surface area contributed by atoms with Crippen LogP contribution >= 0.6 is 0 Å². The van der Waals surface area contributed by atoms with Crippen molar-refractivity contribution in [1.82, 2.24) is 15.0 Å². The molecule has 9 nitrogen and oxygen atoms in total. The summed E-state index contributed by atoms with van der Waals surface area (Å²) >= 11 is 0. The van der Waals surface area contributed by atoms with Gasteiger partial charge in [0.05, 0.1) is 23.9 Å². The molecule has 2 atom stereocenters. The van der Waals surface area contributed by atoms with Gasteiger partial charge in [-0.25, -0.2) is 9.97 Å². The standard InChI is InChI=1S/C29H42N4O5/c1-28(2,3)16-19(34)17-33(6)27-21-10-11-23(35)25(21)31-26(32-27)22-15-20(12-13-30-22)37-18-29(4,5)38-24-9-7-8-14-36-24/h12-13,15,23-24,35H,7-11,14,16-18H2,1-6H3. The molecule has 38 heavy (non-hydrogen) atoms. The largest absolute Gasteiger partial charge is 0.490 e. The van der Waals surface area contributed by atoms with Gasteiger partial charge in [0, 0.05) is 37.9 Å². The topological polar surface area (TPSA) is 107 Å². The number of pyridine rings is 1. The molecule has 0 bridgehead atoms. The number of nitrogens with zero attached hydrogens (tertiary/aromatic N) is 4. The Balaban J connectivity index is 1.52. The highest BCUT2D eigenvalue weighted by atomic mass is 16.7. The summed E-state index contributed by atoms with van der Waals surface area (Å²) in [6.07, 6.45) is 5.59. The summed E-state index contributed by atoms with van der Waals surface area (Å²) in [6.45, 7) is 11.4. The first-order chi connectivity index (χ1) is 17.9. The second-order valence-corrected chi connectivity index (χ2v) is 12.3. The molecule has 208 valence electrons. The van der Waals surface area contributed by atoms with Crippen molar-refractivity contribution in [2.45, 2.75) is 91.1 Å². The number of aliphatic hydroxyl groups excluding tert-OH is 1. The van der Waals surface area contributed by atoms with Gasteiger partial charge in [-0.15, -0.1) is 0 Å². The Bertz CT molecular complexity index is 1120. The maximum atomic E-state index is 12.7. The molecular weight excluding hydrogens is 484 g/mol. The number of carbonyl (C=O) groups excluding carboxylic acids is 1. The van der Waals surface area contributed by atoms with Gasteiger partial charge in [-0.05, 0) is 57.4 Å². The fourth-order valence-corrected chi connectivity index (χ4v) is 4.91. The predicted octanol–water partition coefficient (Wildman–Crippen LogP) is 4.66. The van der Waals surface area contributed by atoms with Crippen LogP contribution in [0.4, 0.5) is 5.82 Å². The lowest BCUT2D eigenvalue weighted by atomic mass is 9.90. The lowest BCUT2D eigenvalue weighted by Gasteiger charge is -2.32. The minimum atomic E-state index is -0.663. The van der Waals surface area contributed by atoms with E-state index in [4.69, 9.17) is 19.2 Å². The molecule has 1 N–H and O–H groups in total. The van der Waals surface area contributed by atoms with Gasteiger partial charge >= 0.3 is 0 Å². The van der Waals surface area contributed by atoms with Crippen LogP contribution in [0, 0.1) is 5.41 Å². The first-order valence-corrected chi connectivity index (χ1v) is 13.6. The third-order valence-corrected chi connectivity index (χ3v) is 6.64. The van der Waals surface area contributed by atoms with E-state index in [1.807, 2.05) is 25.8 Å². The van der Waals surface area contributed by atoms with E-state index in [2.05, 4.69) is 30.7 Å². The van der Waals surface area contributed by atoms with E-state index in [1.54, 1.807) is 18.3 Å². The van der Waals surface area contributed by atoms with Crippen molar-refractivity contribution < 1.29 is 24.1 Å². The molecule has 0 spiro atoms. The Hall–Kier alpha value is -2.62. The van der Waals surface area contributed by atoms with E-state index >= 15 is 0 Å². The van der Waals surface area contributed by atoms with Crippen molar-refractivity contribution in [1.29, 1.82) is 0 Å². The number of aliphatic hydroxyl groups is 1. The highest BCUT2D eigenvalue weighted by Crippen LogP contribution is 2.36. The minimum Gasteiger partial charge on any atom is -0.490 e. The Kier molecular flexibility index (Phi) is 8.69. The van der Waals surface area contributed by atoms with Crippen LogP contribution in [0.15, 0.2) is 18.3 Å². The Morgan fingerprint density at radius 2 is 1.97 bits per heavy atom. The summed E-state index contributed by atoms with van der Waals surface area (Å²) in [5.74, 6) is 1.82. The summed E-state index contributed by atoms with van der Waals surface area (Å²) in [5.41, 5.74) is 1.42. The van der Waals surface area contributed by atoms with Crippen LogP contribution in [0.5, 0.6) is 5.75 Å². The molecule has 2 aliphatic rings. The van der Waals surface area contributed by atoms with Gasteiger partial charge in [-0.2, -0.15) is 0 Å². The second kappa shape index (κ2) is 11.6. The summed E-state index contributed by atoms with van der Waals surface area (Å²) < 4.78 is 17.9. The number of fused-ring (bicyclic) bond motifs is 1. The molecule has 2 aromatic rings. The van der Waals surface area contributed by atoms with Crippen LogP contribution in [-0.2, 0) is 20.7 Å². The molecule has 3 heterocycles. The van der Waals surface area contributed by atoms with Crippen LogP contribution < -0.4 is 9.64 Å².